The van der Waals surface area contributed by atoms with E-state index in [1.165, 1.54) is 23.3 Å². The van der Waals surface area contributed by atoms with Gasteiger partial charge in [-0.25, -0.2) is 14.2 Å². The highest BCUT2D eigenvalue weighted by Gasteiger charge is 2.11. The van der Waals surface area contributed by atoms with Gasteiger partial charge in [-0.1, -0.05) is 5.21 Å². The van der Waals surface area contributed by atoms with Gasteiger partial charge in [0.2, 0.25) is 0 Å². The van der Waals surface area contributed by atoms with Gasteiger partial charge >= 0.3 is 6.09 Å². The Morgan fingerprint density at radius 2 is 2.25 bits per heavy atom. The Balaban J connectivity index is 1.95. The molecule has 0 aliphatic heterocycles. The van der Waals surface area contributed by atoms with Crippen LogP contribution in [0.1, 0.15) is 11.7 Å². The summed E-state index contributed by atoms with van der Waals surface area (Å²) in [6.45, 7) is 1.85. The molecule has 20 heavy (non-hydrogen) atoms. The molecule has 0 fully saturated rings. The van der Waals surface area contributed by atoms with Gasteiger partial charge in [0, 0.05) is 0 Å². The molecule has 0 aliphatic rings. The second kappa shape index (κ2) is 5.82. The van der Waals surface area contributed by atoms with E-state index in [9.17, 15) is 9.59 Å². The van der Waals surface area contributed by atoms with E-state index in [1.807, 2.05) is 0 Å². The molecule has 0 radical (unpaired) electrons. The Bertz CT molecular complexity index is 618. The molecule has 10 heteroatoms. The van der Waals surface area contributed by atoms with E-state index in [0.717, 1.165) is 4.68 Å². The fraction of sp³-hybridized carbons (Fsp3) is 0.300. The van der Waals surface area contributed by atoms with E-state index >= 15 is 0 Å². The van der Waals surface area contributed by atoms with Crippen molar-refractivity contribution in [3.8, 4) is 0 Å². The minimum absolute atomic E-state index is 0.0847. The summed E-state index contributed by atoms with van der Waals surface area (Å²) >= 11 is 0. The molecule has 106 valence electrons. The van der Waals surface area contributed by atoms with Crippen LogP contribution in [0.2, 0.25) is 0 Å². The van der Waals surface area contributed by atoms with Crippen molar-refractivity contribution in [1.29, 1.82) is 0 Å². The first-order chi connectivity index (χ1) is 9.58. The molecule has 2 aromatic rings. The first-order valence-electron chi connectivity index (χ1n) is 5.75. The van der Waals surface area contributed by atoms with E-state index in [4.69, 9.17) is 5.73 Å². The topological polar surface area (TPSA) is 130 Å². The SMILES string of the molecule is CCOC(=O)Nc1cn(CC(=O)n2cc(N)cn2)nn1. The second-order valence-electron chi connectivity index (χ2n) is 3.76. The van der Waals surface area contributed by atoms with Crippen LogP contribution in [0.4, 0.5) is 16.3 Å². The van der Waals surface area contributed by atoms with Crippen LogP contribution in [0.15, 0.2) is 18.6 Å². The lowest BCUT2D eigenvalue weighted by molar-refractivity contribution is 0.0869. The van der Waals surface area contributed by atoms with Gasteiger partial charge in [0.1, 0.15) is 6.54 Å². The molecule has 0 saturated heterocycles. The van der Waals surface area contributed by atoms with E-state index in [-0.39, 0.29) is 24.9 Å². The third kappa shape index (κ3) is 3.31. The van der Waals surface area contributed by atoms with Gasteiger partial charge in [-0.05, 0) is 6.92 Å². The van der Waals surface area contributed by atoms with Crippen molar-refractivity contribution < 1.29 is 14.3 Å². The number of carbonyl (C=O) groups excluding carboxylic acids is 2. The lowest BCUT2D eigenvalue weighted by Crippen LogP contribution is -2.18. The third-order valence-electron chi connectivity index (χ3n) is 2.20. The summed E-state index contributed by atoms with van der Waals surface area (Å²) < 4.78 is 7.06. The van der Waals surface area contributed by atoms with Gasteiger partial charge in [-0.2, -0.15) is 5.10 Å². The first kappa shape index (κ1) is 13.5. The summed E-state index contributed by atoms with van der Waals surface area (Å²) in [7, 11) is 0. The number of nitrogen functional groups attached to an aromatic ring is 1. The van der Waals surface area contributed by atoms with Crippen molar-refractivity contribution in [1.82, 2.24) is 24.8 Å². The minimum atomic E-state index is -0.634. The van der Waals surface area contributed by atoms with E-state index in [2.05, 4.69) is 25.5 Å². The molecular formula is C10H13N7O3. The number of carbonyl (C=O) groups is 2. The average Bonchev–Trinajstić information content (AvgIpc) is 2.99. The van der Waals surface area contributed by atoms with Crippen molar-refractivity contribution in [2.24, 2.45) is 0 Å². The highest BCUT2D eigenvalue weighted by atomic mass is 16.5. The molecule has 0 atom stereocenters. The Labute approximate surface area is 113 Å². The summed E-state index contributed by atoms with van der Waals surface area (Å²) in [5.41, 5.74) is 5.86. The molecule has 2 heterocycles. The Morgan fingerprint density at radius 3 is 2.90 bits per heavy atom. The molecule has 0 aliphatic carbocycles. The van der Waals surface area contributed by atoms with Crippen molar-refractivity contribution in [3.05, 3.63) is 18.6 Å². The number of nitrogens with zero attached hydrogens (tertiary/aromatic N) is 5. The highest BCUT2D eigenvalue weighted by Crippen LogP contribution is 2.02. The smallest absolute Gasteiger partial charge is 0.412 e. The van der Waals surface area contributed by atoms with E-state index in [1.54, 1.807) is 6.92 Å². The lowest BCUT2D eigenvalue weighted by atomic mass is 10.5. The van der Waals surface area contributed by atoms with Crippen LogP contribution >= 0.6 is 0 Å². The van der Waals surface area contributed by atoms with Gasteiger partial charge in [0.05, 0.1) is 30.9 Å². The Kier molecular flexibility index (Phi) is 3.93. The van der Waals surface area contributed by atoms with Crippen LogP contribution in [0, 0.1) is 0 Å². The normalized spacial score (nSPS) is 10.2. The lowest BCUT2D eigenvalue weighted by Gasteiger charge is -2.00. The van der Waals surface area contributed by atoms with Gasteiger partial charge in [-0.3, -0.25) is 10.1 Å². The summed E-state index contributed by atoms with van der Waals surface area (Å²) in [5.74, 6) is -0.148. The molecule has 0 saturated carbocycles. The standard InChI is InChI=1S/C10H13N7O3/c1-2-20-10(19)13-8-5-16(15-14-8)6-9(18)17-4-7(11)3-12-17/h3-5H,2,6,11H2,1H3,(H,13,19). The fourth-order valence-corrected chi connectivity index (χ4v) is 1.39. The quantitative estimate of drug-likeness (QED) is 0.803. The molecule has 0 spiro atoms. The maximum atomic E-state index is 11.8. The molecule has 10 nitrogen and oxygen atoms in total. The van der Waals surface area contributed by atoms with Gasteiger partial charge in [-0.15, -0.1) is 5.10 Å². The Morgan fingerprint density at radius 1 is 1.45 bits per heavy atom. The second-order valence-corrected chi connectivity index (χ2v) is 3.76. The van der Waals surface area contributed by atoms with Crippen molar-refractivity contribution in [2.45, 2.75) is 13.5 Å². The van der Waals surface area contributed by atoms with Crippen LogP contribution in [-0.4, -0.2) is 43.4 Å². The zero-order valence-corrected chi connectivity index (χ0v) is 10.7. The maximum absolute atomic E-state index is 11.8. The molecule has 0 bridgehead atoms. The van der Waals surface area contributed by atoms with Crippen LogP contribution in [0.3, 0.4) is 0 Å². The molecule has 0 aromatic carbocycles. The number of aromatic nitrogens is 5. The van der Waals surface area contributed by atoms with Crippen LogP contribution in [0.5, 0.6) is 0 Å². The molecule has 0 unspecified atom stereocenters. The number of amides is 1. The number of anilines is 2. The maximum Gasteiger partial charge on any atom is 0.412 e. The summed E-state index contributed by atoms with van der Waals surface area (Å²) in [5, 5.41) is 13.5. The van der Waals surface area contributed by atoms with Crippen molar-refractivity contribution in [3.63, 3.8) is 0 Å². The highest BCUT2D eigenvalue weighted by molar-refractivity contribution is 5.83. The molecule has 3 N–H and O–H groups in total. The largest absolute Gasteiger partial charge is 0.450 e. The summed E-state index contributed by atoms with van der Waals surface area (Å²) in [4.78, 5) is 23.0. The Hall–Kier alpha value is -2.91. The first-order valence-corrected chi connectivity index (χ1v) is 5.75. The molecular weight excluding hydrogens is 266 g/mol. The van der Waals surface area contributed by atoms with E-state index < -0.39 is 6.09 Å². The summed E-state index contributed by atoms with van der Waals surface area (Å²) in [6, 6.07) is 0. The van der Waals surface area contributed by atoms with Gasteiger partial charge in [0.25, 0.3) is 5.91 Å². The van der Waals surface area contributed by atoms with Crippen molar-refractivity contribution in [2.75, 3.05) is 17.7 Å². The zero-order chi connectivity index (χ0) is 14.5. The predicted molar refractivity (Wildman–Crippen MR) is 67.9 cm³/mol. The molecule has 1 amide bonds. The van der Waals surface area contributed by atoms with Crippen LogP contribution in [0.25, 0.3) is 0 Å². The fourth-order valence-electron chi connectivity index (χ4n) is 1.39. The predicted octanol–water partition coefficient (Wildman–Crippen LogP) is -0.0344. The number of rotatable bonds is 4. The van der Waals surface area contributed by atoms with Crippen LogP contribution < -0.4 is 11.1 Å². The number of hydrogen-bond donors (Lipinski definition) is 2. The van der Waals surface area contributed by atoms with Gasteiger partial charge < -0.3 is 10.5 Å². The van der Waals surface area contributed by atoms with Crippen molar-refractivity contribution >= 4 is 23.5 Å². The number of nitrogens with two attached hydrogens (primary N) is 1. The number of nitrogens with one attached hydrogen (secondary N) is 1. The summed E-state index contributed by atoms with van der Waals surface area (Å²) in [6.07, 6.45) is 3.54. The molecule has 2 aromatic heterocycles. The monoisotopic (exact) mass is 279 g/mol. The minimum Gasteiger partial charge on any atom is -0.450 e. The number of hydrogen-bond acceptors (Lipinski definition) is 7. The average molecular weight is 279 g/mol. The van der Waals surface area contributed by atoms with Crippen LogP contribution in [-0.2, 0) is 11.3 Å². The zero-order valence-electron chi connectivity index (χ0n) is 10.7. The molecule has 2 rings (SSSR count). The van der Waals surface area contributed by atoms with E-state index in [0.29, 0.717) is 5.69 Å². The third-order valence-corrected chi connectivity index (χ3v) is 2.20. The number of ether oxygens (including phenoxy) is 1. The van der Waals surface area contributed by atoms with Gasteiger partial charge in [0.15, 0.2) is 5.82 Å².